The van der Waals surface area contributed by atoms with Crippen molar-refractivity contribution in [2.75, 3.05) is 12.8 Å². The highest BCUT2D eigenvalue weighted by Crippen LogP contribution is 2.21. The molecule has 28 heavy (non-hydrogen) atoms. The number of nitrogens with zero attached hydrogens (tertiary/aromatic N) is 1. The molecule has 2 aromatic carbocycles. The van der Waals surface area contributed by atoms with Crippen molar-refractivity contribution in [3.05, 3.63) is 70.0 Å². The van der Waals surface area contributed by atoms with Gasteiger partial charge in [0.2, 0.25) is 15.9 Å². The SMILES string of the molecule is Cc1cc(C)c([C@@H](C)NC(=O)CN(Cc2ccccc2F)S(C)(=O)=O)cc1C. The van der Waals surface area contributed by atoms with Gasteiger partial charge in [-0.2, -0.15) is 4.31 Å². The fraction of sp³-hybridized carbons (Fsp3) is 0.381. The number of carbonyl (C=O) groups is 1. The van der Waals surface area contributed by atoms with E-state index in [1.54, 1.807) is 6.07 Å². The van der Waals surface area contributed by atoms with Gasteiger partial charge in [0.05, 0.1) is 18.8 Å². The molecule has 0 saturated heterocycles. The molecule has 0 bridgehead atoms. The summed E-state index contributed by atoms with van der Waals surface area (Å²) in [6.45, 7) is 7.30. The summed E-state index contributed by atoms with van der Waals surface area (Å²) in [5.74, 6) is -0.942. The van der Waals surface area contributed by atoms with Crippen LogP contribution in [0.5, 0.6) is 0 Å². The van der Waals surface area contributed by atoms with Crippen LogP contribution in [0.15, 0.2) is 36.4 Å². The molecule has 0 saturated carbocycles. The van der Waals surface area contributed by atoms with Gasteiger partial charge in [0.15, 0.2) is 0 Å². The summed E-state index contributed by atoms with van der Waals surface area (Å²) < 4.78 is 39.1. The highest BCUT2D eigenvalue weighted by Gasteiger charge is 2.23. The van der Waals surface area contributed by atoms with Crippen molar-refractivity contribution in [3.63, 3.8) is 0 Å². The van der Waals surface area contributed by atoms with Crippen molar-refractivity contribution in [2.45, 2.75) is 40.3 Å². The maximum atomic E-state index is 13.9. The predicted molar refractivity (Wildman–Crippen MR) is 109 cm³/mol. The first-order chi connectivity index (χ1) is 13.0. The van der Waals surface area contributed by atoms with E-state index in [1.165, 1.54) is 23.8 Å². The molecule has 7 heteroatoms. The van der Waals surface area contributed by atoms with Gasteiger partial charge in [0.25, 0.3) is 0 Å². The van der Waals surface area contributed by atoms with Gasteiger partial charge in [-0.05, 0) is 56.0 Å². The Hall–Kier alpha value is -2.25. The van der Waals surface area contributed by atoms with Gasteiger partial charge >= 0.3 is 0 Å². The predicted octanol–water partition coefficient (Wildman–Crippen LogP) is 3.39. The third-order valence-corrected chi connectivity index (χ3v) is 6.02. The Labute approximate surface area is 166 Å². The zero-order chi connectivity index (χ0) is 21.1. The zero-order valence-electron chi connectivity index (χ0n) is 16.9. The highest BCUT2D eigenvalue weighted by atomic mass is 32.2. The molecule has 0 aliphatic rings. The van der Waals surface area contributed by atoms with Crippen LogP contribution in [-0.2, 0) is 21.4 Å². The highest BCUT2D eigenvalue weighted by molar-refractivity contribution is 7.88. The third-order valence-electron chi connectivity index (χ3n) is 4.82. The number of hydrogen-bond donors (Lipinski definition) is 1. The molecule has 0 aromatic heterocycles. The van der Waals surface area contributed by atoms with Crippen LogP contribution in [-0.4, -0.2) is 31.4 Å². The van der Waals surface area contributed by atoms with E-state index in [1.807, 2.05) is 33.8 Å². The Bertz CT molecular complexity index is 974. The maximum Gasteiger partial charge on any atom is 0.235 e. The summed E-state index contributed by atoms with van der Waals surface area (Å²) >= 11 is 0. The van der Waals surface area contributed by atoms with E-state index >= 15 is 0 Å². The van der Waals surface area contributed by atoms with Crippen LogP contribution in [0, 0.1) is 26.6 Å². The first kappa shape index (κ1) is 22.0. The minimum absolute atomic E-state index is 0.198. The Balaban J connectivity index is 2.14. The van der Waals surface area contributed by atoms with E-state index < -0.39 is 21.7 Å². The van der Waals surface area contributed by atoms with Crippen molar-refractivity contribution in [3.8, 4) is 0 Å². The lowest BCUT2D eigenvalue weighted by atomic mass is 9.96. The largest absolute Gasteiger partial charge is 0.348 e. The molecule has 0 radical (unpaired) electrons. The number of hydrogen-bond acceptors (Lipinski definition) is 3. The molecule has 0 aliphatic heterocycles. The van der Waals surface area contributed by atoms with Gasteiger partial charge in [-0.1, -0.05) is 30.3 Å². The molecule has 1 atom stereocenters. The lowest BCUT2D eigenvalue weighted by Crippen LogP contribution is -2.40. The van der Waals surface area contributed by atoms with Crippen LogP contribution in [0.3, 0.4) is 0 Å². The number of nitrogens with one attached hydrogen (secondary N) is 1. The van der Waals surface area contributed by atoms with E-state index in [9.17, 15) is 17.6 Å². The minimum Gasteiger partial charge on any atom is -0.348 e. The molecular weight excluding hydrogens is 379 g/mol. The normalized spacial score (nSPS) is 12.8. The summed E-state index contributed by atoms with van der Waals surface area (Å²) in [6, 6.07) is 9.75. The zero-order valence-corrected chi connectivity index (χ0v) is 17.7. The average molecular weight is 407 g/mol. The molecule has 0 heterocycles. The molecule has 1 amide bonds. The number of carbonyl (C=O) groups excluding carboxylic acids is 1. The molecule has 2 aromatic rings. The first-order valence-electron chi connectivity index (χ1n) is 9.04. The van der Waals surface area contributed by atoms with Gasteiger partial charge in [0.1, 0.15) is 5.82 Å². The van der Waals surface area contributed by atoms with Crippen LogP contribution in [0.25, 0.3) is 0 Å². The van der Waals surface area contributed by atoms with Gasteiger partial charge in [-0.15, -0.1) is 0 Å². The van der Waals surface area contributed by atoms with E-state index in [-0.39, 0.29) is 24.7 Å². The smallest absolute Gasteiger partial charge is 0.235 e. The maximum absolute atomic E-state index is 13.9. The Morgan fingerprint density at radius 1 is 1.11 bits per heavy atom. The van der Waals surface area contributed by atoms with Crippen LogP contribution < -0.4 is 5.32 Å². The number of rotatable bonds is 7. The van der Waals surface area contributed by atoms with Crippen molar-refractivity contribution in [1.29, 1.82) is 0 Å². The molecule has 0 aliphatic carbocycles. The van der Waals surface area contributed by atoms with Crippen molar-refractivity contribution in [2.24, 2.45) is 0 Å². The summed E-state index contributed by atoms with van der Waals surface area (Å²) in [6.07, 6.45) is 1.01. The van der Waals surface area contributed by atoms with Gasteiger partial charge in [0, 0.05) is 12.1 Å². The average Bonchev–Trinajstić information content (AvgIpc) is 2.58. The van der Waals surface area contributed by atoms with E-state index in [0.29, 0.717) is 0 Å². The van der Waals surface area contributed by atoms with Crippen LogP contribution in [0.4, 0.5) is 4.39 Å². The number of aryl methyl sites for hydroxylation is 3. The summed E-state index contributed by atoms with van der Waals surface area (Å²) in [7, 11) is -3.69. The van der Waals surface area contributed by atoms with Crippen LogP contribution in [0.2, 0.25) is 0 Å². The van der Waals surface area contributed by atoms with Crippen molar-refractivity contribution in [1.82, 2.24) is 9.62 Å². The summed E-state index contributed by atoms with van der Waals surface area (Å²) in [5.41, 5.74) is 4.56. The molecule has 0 spiro atoms. The van der Waals surface area contributed by atoms with Gasteiger partial charge in [-0.25, -0.2) is 12.8 Å². The van der Waals surface area contributed by atoms with E-state index in [4.69, 9.17) is 0 Å². The third kappa shape index (κ3) is 5.62. The Morgan fingerprint density at radius 2 is 1.71 bits per heavy atom. The summed E-state index contributed by atoms with van der Waals surface area (Å²) in [5, 5.41) is 2.85. The fourth-order valence-corrected chi connectivity index (χ4v) is 3.81. The molecule has 1 N–H and O–H groups in total. The second kappa shape index (κ2) is 8.84. The Kier molecular flexibility index (Phi) is 6.96. The molecule has 5 nitrogen and oxygen atoms in total. The summed E-state index contributed by atoms with van der Waals surface area (Å²) in [4.78, 5) is 12.5. The van der Waals surface area contributed by atoms with Crippen LogP contribution >= 0.6 is 0 Å². The monoisotopic (exact) mass is 406 g/mol. The molecular formula is C21H27FN2O3S. The van der Waals surface area contributed by atoms with Gasteiger partial charge < -0.3 is 5.32 Å². The Morgan fingerprint density at radius 3 is 2.32 bits per heavy atom. The second-order valence-corrected chi connectivity index (χ2v) is 9.19. The standard InChI is InChI=1S/C21H27FN2O3S/c1-14-10-16(3)19(11-15(14)2)17(4)23-21(25)13-24(28(5,26)27)12-18-8-6-7-9-20(18)22/h6-11,17H,12-13H2,1-5H3,(H,23,25)/t17-/m1/s1. The topological polar surface area (TPSA) is 66.5 Å². The first-order valence-corrected chi connectivity index (χ1v) is 10.9. The number of sulfonamides is 1. The quantitative estimate of drug-likeness (QED) is 0.766. The van der Waals surface area contributed by atoms with Crippen LogP contribution in [0.1, 0.15) is 40.8 Å². The number of benzene rings is 2. The van der Waals surface area contributed by atoms with Crippen molar-refractivity contribution >= 4 is 15.9 Å². The van der Waals surface area contributed by atoms with Gasteiger partial charge in [-0.3, -0.25) is 4.79 Å². The lowest BCUT2D eigenvalue weighted by Gasteiger charge is -2.22. The molecule has 0 fully saturated rings. The minimum atomic E-state index is -3.69. The number of amides is 1. The molecule has 152 valence electrons. The second-order valence-electron chi connectivity index (χ2n) is 7.20. The lowest BCUT2D eigenvalue weighted by molar-refractivity contribution is -0.122. The molecule has 2 rings (SSSR count). The van der Waals surface area contributed by atoms with Crippen molar-refractivity contribution < 1.29 is 17.6 Å². The fourth-order valence-electron chi connectivity index (χ4n) is 3.08. The molecule has 0 unspecified atom stereocenters. The number of halogens is 1. The van der Waals surface area contributed by atoms with E-state index in [0.717, 1.165) is 27.3 Å². The van der Waals surface area contributed by atoms with E-state index in [2.05, 4.69) is 11.4 Å².